The summed E-state index contributed by atoms with van der Waals surface area (Å²) in [5.41, 5.74) is -0.981. The van der Waals surface area contributed by atoms with Crippen LogP contribution in [0.2, 0.25) is 0 Å². The van der Waals surface area contributed by atoms with Gasteiger partial charge in [-0.1, -0.05) is 0 Å². The Morgan fingerprint density at radius 3 is 2.78 bits per heavy atom. The number of ether oxygens (including phenoxy) is 1. The van der Waals surface area contributed by atoms with Gasteiger partial charge in [0.1, 0.15) is 12.3 Å². The Hall–Kier alpha value is -2.45. The van der Waals surface area contributed by atoms with Gasteiger partial charge in [-0.2, -0.15) is 13.2 Å². The summed E-state index contributed by atoms with van der Waals surface area (Å²) in [6.45, 7) is 2.35. The third-order valence-corrected chi connectivity index (χ3v) is 3.17. The molecule has 1 fully saturated rings. The molecule has 0 aromatic heterocycles. The average Bonchev–Trinajstić information content (AvgIpc) is 2.48. The van der Waals surface area contributed by atoms with E-state index in [2.05, 4.69) is 10.6 Å². The van der Waals surface area contributed by atoms with E-state index in [0.29, 0.717) is 6.54 Å². The molecule has 0 atom stereocenters. The fraction of sp³-hybridized carbons (Fsp3) is 0.429. The maximum Gasteiger partial charge on any atom is 0.416 e. The van der Waals surface area contributed by atoms with E-state index in [1.54, 1.807) is 6.92 Å². The van der Waals surface area contributed by atoms with Gasteiger partial charge in [0.15, 0.2) is 0 Å². The number of carbonyl (C=O) groups is 2. The molecule has 126 valence electrons. The number of urea groups is 1. The normalized spacial score (nSPS) is 15.1. The van der Waals surface area contributed by atoms with E-state index in [9.17, 15) is 22.8 Å². The van der Waals surface area contributed by atoms with Crippen molar-refractivity contribution in [1.29, 1.82) is 0 Å². The molecule has 0 radical (unpaired) electrons. The lowest BCUT2D eigenvalue weighted by Gasteiger charge is -2.27. The van der Waals surface area contributed by atoms with E-state index >= 15 is 0 Å². The molecule has 2 rings (SSSR count). The minimum atomic E-state index is -4.53. The van der Waals surface area contributed by atoms with Gasteiger partial charge in [0.2, 0.25) is 5.91 Å². The Morgan fingerprint density at radius 2 is 2.17 bits per heavy atom. The van der Waals surface area contributed by atoms with E-state index in [4.69, 9.17) is 4.74 Å². The third-order valence-electron chi connectivity index (χ3n) is 3.17. The number of alkyl halides is 3. The Morgan fingerprint density at radius 1 is 1.43 bits per heavy atom. The molecule has 0 unspecified atom stereocenters. The predicted octanol–water partition coefficient (Wildman–Crippen LogP) is 2.07. The van der Waals surface area contributed by atoms with Crippen LogP contribution in [0.15, 0.2) is 18.2 Å². The molecule has 6 nitrogen and oxygen atoms in total. The molecule has 1 aliphatic rings. The molecular weight excluding hydrogens is 315 g/mol. The fourth-order valence-corrected chi connectivity index (χ4v) is 2.09. The highest BCUT2D eigenvalue weighted by molar-refractivity contribution is 5.94. The SMILES string of the molecule is CCOc1ccc(C(F)(F)F)cc1NC(=O)N1CCNC(=O)C1. The zero-order chi connectivity index (χ0) is 17.0. The minimum Gasteiger partial charge on any atom is -0.492 e. The van der Waals surface area contributed by atoms with Crippen molar-refractivity contribution in [1.82, 2.24) is 10.2 Å². The van der Waals surface area contributed by atoms with E-state index in [1.807, 2.05) is 0 Å². The second-order valence-electron chi connectivity index (χ2n) is 4.84. The monoisotopic (exact) mass is 331 g/mol. The summed E-state index contributed by atoms with van der Waals surface area (Å²) in [7, 11) is 0. The fourth-order valence-electron chi connectivity index (χ4n) is 2.09. The van der Waals surface area contributed by atoms with Crippen LogP contribution in [0, 0.1) is 0 Å². The van der Waals surface area contributed by atoms with Gasteiger partial charge in [0.25, 0.3) is 0 Å². The lowest BCUT2D eigenvalue weighted by Crippen LogP contribution is -2.51. The molecule has 1 aromatic rings. The Bertz CT molecular complexity index is 605. The molecular formula is C14H16F3N3O3. The van der Waals surface area contributed by atoms with Crippen molar-refractivity contribution >= 4 is 17.6 Å². The summed E-state index contributed by atoms with van der Waals surface area (Å²) >= 11 is 0. The van der Waals surface area contributed by atoms with Crippen molar-refractivity contribution in [2.75, 3.05) is 31.6 Å². The Labute approximate surface area is 130 Å². The van der Waals surface area contributed by atoms with E-state index in [0.717, 1.165) is 18.2 Å². The van der Waals surface area contributed by atoms with Crippen LogP contribution in [-0.2, 0) is 11.0 Å². The molecule has 9 heteroatoms. The van der Waals surface area contributed by atoms with Gasteiger partial charge in [-0.3, -0.25) is 4.79 Å². The van der Waals surface area contributed by atoms with Crippen LogP contribution in [0.5, 0.6) is 5.75 Å². The summed E-state index contributed by atoms with van der Waals surface area (Å²) in [6, 6.07) is 2.20. The topological polar surface area (TPSA) is 70.7 Å². The number of amides is 3. The van der Waals surface area contributed by atoms with Crippen molar-refractivity contribution < 1.29 is 27.5 Å². The van der Waals surface area contributed by atoms with Gasteiger partial charge >= 0.3 is 12.2 Å². The van der Waals surface area contributed by atoms with Crippen LogP contribution in [0.1, 0.15) is 12.5 Å². The Balaban J connectivity index is 2.21. The molecule has 3 amide bonds. The van der Waals surface area contributed by atoms with Gasteiger partial charge in [-0.25, -0.2) is 4.79 Å². The largest absolute Gasteiger partial charge is 0.492 e. The quantitative estimate of drug-likeness (QED) is 0.891. The summed E-state index contributed by atoms with van der Waals surface area (Å²) in [5, 5.41) is 4.94. The molecule has 2 N–H and O–H groups in total. The van der Waals surface area contributed by atoms with E-state index < -0.39 is 17.8 Å². The summed E-state index contributed by atoms with van der Waals surface area (Å²) in [6.07, 6.45) is -4.53. The van der Waals surface area contributed by atoms with Gasteiger partial charge in [-0.05, 0) is 25.1 Å². The first-order chi connectivity index (χ1) is 10.8. The molecule has 0 bridgehead atoms. The molecule has 0 saturated carbocycles. The zero-order valence-corrected chi connectivity index (χ0v) is 12.4. The van der Waals surface area contributed by atoms with Crippen molar-refractivity contribution in [3.8, 4) is 5.75 Å². The van der Waals surface area contributed by atoms with Crippen molar-refractivity contribution in [2.24, 2.45) is 0 Å². The minimum absolute atomic E-state index is 0.0855. The first kappa shape index (κ1) is 16.9. The van der Waals surface area contributed by atoms with Gasteiger partial charge in [0, 0.05) is 13.1 Å². The molecule has 0 spiro atoms. The summed E-state index contributed by atoms with van der Waals surface area (Å²) in [4.78, 5) is 24.6. The van der Waals surface area contributed by atoms with Crippen LogP contribution in [0.3, 0.4) is 0 Å². The zero-order valence-electron chi connectivity index (χ0n) is 12.4. The number of carbonyl (C=O) groups excluding carboxylic acids is 2. The second-order valence-corrected chi connectivity index (χ2v) is 4.84. The van der Waals surface area contributed by atoms with Crippen molar-refractivity contribution in [2.45, 2.75) is 13.1 Å². The lowest BCUT2D eigenvalue weighted by atomic mass is 10.1. The molecule has 1 heterocycles. The van der Waals surface area contributed by atoms with Gasteiger partial charge in [-0.15, -0.1) is 0 Å². The summed E-state index contributed by atoms with van der Waals surface area (Å²) in [5.74, 6) is -0.184. The van der Waals surface area contributed by atoms with Crippen molar-refractivity contribution in [3.05, 3.63) is 23.8 Å². The number of nitrogens with zero attached hydrogens (tertiary/aromatic N) is 1. The number of nitrogens with one attached hydrogen (secondary N) is 2. The highest BCUT2D eigenvalue weighted by Gasteiger charge is 2.32. The predicted molar refractivity (Wildman–Crippen MR) is 76.2 cm³/mol. The van der Waals surface area contributed by atoms with Crippen molar-refractivity contribution in [3.63, 3.8) is 0 Å². The smallest absolute Gasteiger partial charge is 0.416 e. The number of anilines is 1. The Kier molecular flexibility index (Phi) is 4.97. The summed E-state index contributed by atoms with van der Waals surface area (Å²) < 4.78 is 43.7. The first-order valence-corrected chi connectivity index (χ1v) is 6.98. The number of halogens is 3. The van der Waals surface area contributed by atoms with Crippen LogP contribution < -0.4 is 15.4 Å². The molecule has 23 heavy (non-hydrogen) atoms. The highest BCUT2D eigenvalue weighted by Crippen LogP contribution is 2.35. The third kappa shape index (κ3) is 4.27. The van der Waals surface area contributed by atoms with Crippen LogP contribution in [0.25, 0.3) is 0 Å². The lowest BCUT2D eigenvalue weighted by molar-refractivity contribution is -0.137. The molecule has 1 aliphatic heterocycles. The van der Waals surface area contributed by atoms with E-state index in [1.165, 1.54) is 4.90 Å². The van der Waals surface area contributed by atoms with E-state index in [-0.39, 0.29) is 37.0 Å². The van der Waals surface area contributed by atoms with Crippen LogP contribution in [-0.4, -0.2) is 43.1 Å². The number of piperazine rings is 1. The highest BCUT2D eigenvalue weighted by atomic mass is 19.4. The number of rotatable bonds is 3. The molecule has 1 saturated heterocycles. The number of hydrogen-bond acceptors (Lipinski definition) is 3. The maximum atomic E-state index is 12.8. The second kappa shape index (κ2) is 6.76. The van der Waals surface area contributed by atoms with Gasteiger partial charge in [0.05, 0.1) is 17.9 Å². The van der Waals surface area contributed by atoms with Crippen LogP contribution in [0.4, 0.5) is 23.7 Å². The number of hydrogen-bond donors (Lipinski definition) is 2. The molecule has 0 aliphatic carbocycles. The maximum absolute atomic E-state index is 12.8. The van der Waals surface area contributed by atoms with Crippen LogP contribution >= 0.6 is 0 Å². The average molecular weight is 331 g/mol. The molecule has 1 aromatic carbocycles. The van der Waals surface area contributed by atoms with Gasteiger partial charge < -0.3 is 20.3 Å². The standard InChI is InChI=1S/C14H16F3N3O3/c1-2-23-11-4-3-9(14(15,16)17)7-10(11)19-13(22)20-6-5-18-12(21)8-20/h3-4,7H,2,5-6,8H2,1H3,(H,18,21)(H,19,22). The first-order valence-electron chi connectivity index (χ1n) is 6.98. The number of benzene rings is 1.